The van der Waals surface area contributed by atoms with Crippen molar-refractivity contribution in [2.75, 3.05) is 4.72 Å². The van der Waals surface area contributed by atoms with Crippen LogP contribution in [-0.4, -0.2) is 31.1 Å². The SMILES string of the molecule is C/C(=N/NC(=O)c1ccccc1NS(=O)(=O)c1cccs1)c1ccc(C(=O)O)cc1. The van der Waals surface area contributed by atoms with Crippen molar-refractivity contribution in [3.63, 3.8) is 0 Å². The summed E-state index contributed by atoms with van der Waals surface area (Å²) < 4.78 is 27.5. The van der Waals surface area contributed by atoms with E-state index in [0.29, 0.717) is 11.3 Å². The van der Waals surface area contributed by atoms with E-state index in [-0.39, 0.29) is 21.0 Å². The second-order valence-electron chi connectivity index (χ2n) is 6.10. The summed E-state index contributed by atoms with van der Waals surface area (Å²) in [6.07, 6.45) is 0. The van der Waals surface area contributed by atoms with Gasteiger partial charge >= 0.3 is 5.97 Å². The van der Waals surface area contributed by atoms with Gasteiger partial charge in [0, 0.05) is 0 Å². The van der Waals surface area contributed by atoms with Crippen LogP contribution in [0.2, 0.25) is 0 Å². The second-order valence-corrected chi connectivity index (χ2v) is 8.96. The Kier molecular flexibility index (Phi) is 6.28. The third-order valence-electron chi connectivity index (χ3n) is 4.05. The van der Waals surface area contributed by atoms with Gasteiger partial charge in [-0.3, -0.25) is 9.52 Å². The fourth-order valence-corrected chi connectivity index (χ4v) is 4.57. The largest absolute Gasteiger partial charge is 0.478 e. The highest BCUT2D eigenvalue weighted by molar-refractivity contribution is 7.94. The molecule has 0 fully saturated rings. The number of thiophene rings is 1. The number of rotatable bonds is 7. The van der Waals surface area contributed by atoms with E-state index in [1.165, 1.54) is 30.3 Å². The number of carbonyl (C=O) groups is 2. The molecule has 1 aromatic heterocycles. The number of hydrazone groups is 1. The summed E-state index contributed by atoms with van der Waals surface area (Å²) in [5.74, 6) is -1.63. The normalized spacial score (nSPS) is 11.7. The molecule has 0 saturated heterocycles. The molecule has 0 bridgehead atoms. The number of anilines is 1. The van der Waals surface area contributed by atoms with Crippen LogP contribution in [0.4, 0.5) is 5.69 Å². The zero-order valence-electron chi connectivity index (χ0n) is 15.7. The molecular weight excluding hydrogens is 426 g/mol. The van der Waals surface area contributed by atoms with E-state index in [9.17, 15) is 18.0 Å². The number of nitrogens with zero attached hydrogens (tertiary/aromatic N) is 1. The molecular formula is C20H17N3O5S2. The molecule has 8 nitrogen and oxygen atoms in total. The Morgan fingerprint density at radius 3 is 2.27 bits per heavy atom. The molecule has 3 rings (SSSR count). The van der Waals surface area contributed by atoms with Crippen LogP contribution in [0.15, 0.2) is 75.4 Å². The molecule has 0 aliphatic heterocycles. The summed E-state index contributed by atoms with van der Waals surface area (Å²) in [6, 6.07) is 15.3. The molecule has 2 aromatic carbocycles. The smallest absolute Gasteiger partial charge is 0.335 e. The van der Waals surface area contributed by atoms with Crippen molar-refractivity contribution in [3.8, 4) is 0 Å². The predicted octanol–water partition coefficient (Wildman–Crippen LogP) is 3.40. The molecule has 30 heavy (non-hydrogen) atoms. The minimum absolute atomic E-state index is 0.107. The molecule has 1 amide bonds. The fourth-order valence-electron chi connectivity index (χ4n) is 2.49. The Morgan fingerprint density at radius 1 is 0.967 bits per heavy atom. The molecule has 0 aliphatic rings. The van der Waals surface area contributed by atoms with Gasteiger partial charge in [0.05, 0.1) is 22.5 Å². The lowest BCUT2D eigenvalue weighted by atomic mass is 10.1. The van der Waals surface area contributed by atoms with Gasteiger partial charge in [0.2, 0.25) is 0 Å². The van der Waals surface area contributed by atoms with Crippen LogP contribution in [0.1, 0.15) is 33.2 Å². The standard InChI is InChI=1S/C20H17N3O5S2/c1-13(14-8-10-15(11-9-14)20(25)26)21-22-19(24)16-5-2-3-6-17(16)23-30(27,28)18-7-4-12-29-18/h2-12,23H,1H3,(H,22,24)(H,25,26)/b21-13-. The lowest BCUT2D eigenvalue weighted by Crippen LogP contribution is -2.22. The lowest BCUT2D eigenvalue weighted by molar-refractivity contribution is 0.0696. The molecule has 1 heterocycles. The van der Waals surface area contributed by atoms with E-state index in [0.717, 1.165) is 11.3 Å². The Morgan fingerprint density at radius 2 is 1.63 bits per heavy atom. The lowest BCUT2D eigenvalue weighted by Gasteiger charge is -2.11. The van der Waals surface area contributed by atoms with Crippen LogP contribution in [-0.2, 0) is 10.0 Å². The Hall–Kier alpha value is -3.50. The molecule has 3 N–H and O–H groups in total. The minimum Gasteiger partial charge on any atom is -0.478 e. The number of carboxylic acids is 1. The van der Waals surface area contributed by atoms with E-state index in [2.05, 4.69) is 15.2 Å². The Balaban J connectivity index is 1.77. The van der Waals surface area contributed by atoms with Crippen LogP contribution < -0.4 is 10.1 Å². The van der Waals surface area contributed by atoms with Crippen molar-refractivity contribution in [1.82, 2.24) is 5.43 Å². The third kappa shape index (κ3) is 4.91. The number of carbonyl (C=O) groups excluding carboxylic acids is 1. The van der Waals surface area contributed by atoms with Crippen LogP contribution >= 0.6 is 11.3 Å². The van der Waals surface area contributed by atoms with Gasteiger partial charge in [0.25, 0.3) is 15.9 Å². The molecule has 0 atom stereocenters. The zero-order chi connectivity index (χ0) is 21.7. The first-order chi connectivity index (χ1) is 14.3. The van der Waals surface area contributed by atoms with Crippen LogP contribution in [0.5, 0.6) is 0 Å². The highest BCUT2D eigenvalue weighted by Crippen LogP contribution is 2.22. The average molecular weight is 444 g/mol. The quantitative estimate of drug-likeness (QED) is 0.381. The predicted molar refractivity (Wildman–Crippen MR) is 115 cm³/mol. The zero-order valence-corrected chi connectivity index (χ0v) is 17.3. The average Bonchev–Trinajstić information content (AvgIpc) is 3.28. The van der Waals surface area contributed by atoms with Gasteiger partial charge in [-0.05, 0) is 48.2 Å². The van der Waals surface area contributed by atoms with Gasteiger partial charge in [-0.25, -0.2) is 18.6 Å². The number of sulfonamides is 1. The number of para-hydroxylation sites is 1. The first-order valence-electron chi connectivity index (χ1n) is 8.61. The van der Waals surface area contributed by atoms with E-state index < -0.39 is 21.9 Å². The second kappa shape index (κ2) is 8.89. The number of nitrogens with one attached hydrogen (secondary N) is 2. The maximum absolute atomic E-state index is 12.6. The number of amides is 1. The monoisotopic (exact) mass is 443 g/mol. The van der Waals surface area contributed by atoms with E-state index in [4.69, 9.17) is 5.11 Å². The van der Waals surface area contributed by atoms with Gasteiger partial charge < -0.3 is 5.11 Å². The minimum atomic E-state index is -3.81. The summed E-state index contributed by atoms with van der Waals surface area (Å²) in [4.78, 5) is 23.5. The summed E-state index contributed by atoms with van der Waals surface area (Å²) >= 11 is 1.07. The van der Waals surface area contributed by atoms with Gasteiger partial charge in [-0.2, -0.15) is 5.10 Å². The third-order valence-corrected chi connectivity index (χ3v) is 6.81. The number of aromatic carboxylic acids is 1. The molecule has 0 saturated carbocycles. The topological polar surface area (TPSA) is 125 Å². The maximum atomic E-state index is 12.6. The van der Waals surface area contributed by atoms with Gasteiger partial charge in [-0.1, -0.05) is 30.3 Å². The molecule has 154 valence electrons. The van der Waals surface area contributed by atoms with Crippen molar-refractivity contribution in [3.05, 3.63) is 82.7 Å². The van der Waals surface area contributed by atoms with Crippen molar-refractivity contribution in [2.45, 2.75) is 11.1 Å². The first-order valence-corrected chi connectivity index (χ1v) is 11.0. The fraction of sp³-hybridized carbons (Fsp3) is 0.0500. The van der Waals surface area contributed by atoms with Crippen LogP contribution in [0, 0.1) is 0 Å². The Labute approximate surface area is 176 Å². The van der Waals surface area contributed by atoms with Crippen molar-refractivity contribution >= 4 is 44.6 Å². The summed E-state index contributed by atoms with van der Waals surface area (Å²) in [7, 11) is -3.81. The van der Waals surface area contributed by atoms with E-state index >= 15 is 0 Å². The molecule has 0 aliphatic carbocycles. The van der Waals surface area contributed by atoms with Crippen LogP contribution in [0.3, 0.4) is 0 Å². The highest BCUT2D eigenvalue weighted by atomic mass is 32.2. The number of benzene rings is 2. The number of hydrogen-bond acceptors (Lipinski definition) is 6. The van der Waals surface area contributed by atoms with Crippen LogP contribution in [0.25, 0.3) is 0 Å². The van der Waals surface area contributed by atoms with E-state index in [1.807, 2.05) is 0 Å². The molecule has 10 heteroatoms. The van der Waals surface area contributed by atoms with Crippen molar-refractivity contribution < 1.29 is 23.1 Å². The number of carboxylic acid groups (broad SMARTS) is 1. The summed E-state index contributed by atoms with van der Waals surface area (Å²) in [5, 5.41) is 14.6. The molecule has 3 aromatic rings. The van der Waals surface area contributed by atoms with Gasteiger partial charge in [-0.15, -0.1) is 11.3 Å². The summed E-state index contributed by atoms with van der Waals surface area (Å²) in [5.41, 5.74) is 3.86. The maximum Gasteiger partial charge on any atom is 0.335 e. The van der Waals surface area contributed by atoms with Gasteiger partial charge in [0.15, 0.2) is 0 Å². The number of hydrogen-bond donors (Lipinski definition) is 3. The first kappa shape index (κ1) is 21.2. The highest BCUT2D eigenvalue weighted by Gasteiger charge is 2.19. The molecule has 0 spiro atoms. The summed E-state index contributed by atoms with van der Waals surface area (Å²) in [6.45, 7) is 1.65. The van der Waals surface area contributed by atoms with Crippen molar-refractivity contribution in [1.29, 1.82) is 0 Å². The Bertz CT molecular complexity index is 1200. The van der Waals surface area contributed by atoms with Crippen molar-refractivity contribution in [2.24, 2.45) is 5.10 Å². The molecule has 0 unspecified atom stereocenters. The molecule has 0 radical (unpaired) electrons. The van der Waals surface area contributed by atoms with E-state index in [1.54, 1.807) is 42.6 Å². The van der Waals surface area contributed by atoms with Gasteiger partial charge in [0.1, 0.15) is 4.21 Å².